The molecule has 0 fully saturated rings. The Morgan fingerprint density at radius 2 is 1.90 bits per heavy atom. The van der Waals surface area contributed by atoms with Crippen LogP contribution in [0.3, 0.4) is 0 Å². The van der Waals surface area contributed by atoms with Gasteiger partial charge in [0.2, 0.25) is 5.91 Å². The first-order valence-electron chi connectivity index (χ1n) is 6.66. The molecule has 0 saturated carbocycles. The summed E-state index contributed by atoms with van der Waals surface area (Å²) in [5.74, 6) is 0.0763. The van der Waals surface area contributed by atoms with Crippen LogP contribution in [0.5, 0.6) is 0 Å². The largest absolute Gasteiger partial charge is 0.341 e. The van der Waals surface area contributed by atoms with Crippen molar-refractivity contribution in [2.75, 3.05) is 7.05 Å². The van der Waals surface area contributed by atoms with Gasteiger partial charge in [-0.1, -0.05) is 30.3 Å². The monoisotopic (exact) mass is 324 g/mol. The Bertz CT molecular complexity index is 571. The zero-order valence-electron chi connectivity index (χ0n) is 12.3. The fourth-order valence-corrected chi connectivity index (χ4v) is 3.00. The van der Waals surface area contributed by atoms with Crippen LogP contribution in [-0.4, -0.2) is 17.9 Å². The molecule has 0 aliphatic rings. The molecule has 0 radical (unpaired) electrons. The standard InChI is InChI=1S/C16H20N2OS.ClH/c1-12-8-9-14(20-12)11-18(2)16(19)10-15(17)13-6-4-3-5-7-13;/h3-9,15H,10-11,17H2,1-2H3;1H. The second-order valence-electron chi connectivity index (χ2n) is 4.98. The molecule has 21 heavy (non-hydrogen) atoms. The summed E-state index contributed by atoms with van der Waals surface area (Å²) in [5.41, 5.74) is 7.09. The third-order valence-corrected chi connectivity index (χ3v) is 4.22. The highest BCUT2D eigenvalue weighted by molar-refractivity contribution is 7.11. The van der Waals surface area contributed by atoms with E-state index in [2.05, 4.69) is 19.1 Å². The van der Waals surface area contributed by atoms with E-state index in [1.807, 2.05) is 37.4 Å². The fraction of sp³-hybridized carbons (Fsp3) is 0.312. The normalized spacial score (nSPS) is 11.6. The van der Waals surface area contributed by atoms with E-state index in [-0.39, 0.29) is 24.4 Å². The van der Waals surface area contributed by atoms with Gasteiger partial charge in [-0.25, -0.2) is 0 Å². The lowest BCUT2D eigenvalue weighted by Gasteiger charge is -2.19. The summed E-state index contributed by atoms with van der Waals surface area (Å²) >= 11 is 1.72. The predicted molar refractivity (Wildman–Crippen MR) is 90.8 cm³/mol. The number of amides is 1. The van der Waals surface area contributed by atoms with E-state index >= 15 is 0 Å². The smallest absolute Gasteiger partial charge is 0.224 e. The molecule has 114 valence electrons. The second-order valence-corrected chi connectivity index (χ2v) is 6.36. The average Bonchev–Trinajstić information content (AvgIpc) is 2.85. The van der Waals surface area contributed by atoms with Crippen molar-refractivity contribution in [1.29, 1.82) is 0 Å². The van der Waals surface area contributed by atoms with Crippen molar-refractivity contribution >= 4 is 29.7 Å². The zero-order chi connectivity index (χ0) is 14.5. The third-order valence-electron chi connectivity index (χ3n) is 3.24. The molecule has 3 nitrogen and oxygen atoms in total. The van der Waals surface area contributed by atoms with Crippen molar-refractivity contribution in [3.8, 4) is 0 Å². The van der Waals surface area contributed by atoms with Gasteiger partial charge in [0.15, 0.2) is 0 Å². The van der Waals surface area contributed by atoms with Gasteiger partial charge in [-0.2, -0.15) is 0 Å². The highest BCUT2D eigenvalue weighted by Crippen LogP contribution is 2.19. The molecule has 1 amide bonds. The molecule has 5 heteroatoms. The van der Waals surface area contributed by atoms with E-state index in [9.17, 15) is 4.79 Å². The molecule has 1 heterocycles. The van der Waals surface area contributed by atoms with E-state index in [4.69, 9.17) is 5.73 Å². The van der Waals surface area contributed by atoms with Crippen LogP contribution in [0.2, 0.25) is 0 Å². The van der Waals surface area contributed by atoms with Gasteiger partial charge in [-0.15, -0.1) is 23.7 Å². The van der Waals surface area contributed by atoms with Crippen LogP contribution in [0.25, 0.3) is 0 Å². The summed E-state index contributed by atoms with van der Waals surface area (Å²) in [6.07, 6.45) is 0.338. The van der Waals surface area contributed by atoms with Crippen LogP contribution < -0.4 is 5.73 Å². The van der Waals surface area contributed by atoms with Gasteiger partial charge >= 0.3 is 0 Å². The Labute approximate surface area is 136 Å². The number of aryl methyl sites for hydroxylation is 1. The summed E-state index contributed by atoms with van der Waals surface area (Å²) in [5, 5.41) is 0. The highest BCUT2D eigenvalue weighted by atomic mass is 35.5. The van der Waals surface area contributed by atoms with Crippen LogP contribution in [0.4, 0.5) is 0 Å². The van der Waals surface area contributed by atoms with Crippen molar-refractivity contribution < 1.29 is 4.79 Å². The molecular weight excluding hydrogens is 304 g/mol. The fourth-order valence-electron chi connectivity index (χ4n) is 2.05. The Hall–Kier alpha value is -1.36. The van der Waals surface area contributed by atoms with E-state index < -0.39 is 0 Å². The van der Waals surface area contributed by atoms with Gasteiger partial charge in [-0.05, 0) is 24.6 Å². The van der Waals surface area contributed by atoms with Crippen molar-refractivity contribution in [2.45, 2.75) is 25.9 Å². The first kappa shape index (κ1) is 17.7. The molecule has 0 aliphatic heterocycles. The van der Waals surface area contributed by atoms with E-state index in [0.717, 1.165) is 5.56 Å². The lowest BCUT2D eigenvalue weighted by molar-refractivity contribution is -0.130. The Morgan fingerprint density at radius 1 is 1.24 bits per heavy atom. The number of halogens is 1. The molecule has 1 unspecified atom stereocenters. The molecule has 1 atom stereocenters. The molecule has 0 spiro atoms. The Balaban J connectivity index is 0.00000220. The maximum atomic E-state index is 12.2. The quantitative estimate of drug-likeness (QED) is 0.914. The molecule has 0 bridgehead atoms. The Kier molecular flexibility index (Phi) is 6.89. The third kappa shape index (κ3) is 5.16. The first-order chi connectivity index (χ1) is 9.56. The average molecular weight is 325 g/mol. The summed E-state index contributed by atoms with van der Waals surface area (Å²) in [4.78, 5) is 16.4. The summed E-state index contributed by atoms with van der Waals surface area (Å²) in [6, 6.07) is 13.7. The van der Waals surface area contributed by atoms with E-state index in [1.54, 1.807) is 16.2 Å². The Morgan fingerprint density at radius 3 is 2.48 bits per heavy atom. The minimum Gasteiger partial charge on any atom is -0.341 e. The van der Waals surface area contributed by atoms with Crippen LogP contribution in [-0.2, 0) is 11.3 Å². The minimum absolute atomic E-state index is 0. The predicted octanol–water partition coefficient (Wildman–Crippen LogP) is 3.53. The van der Waals surface area contributed by atoms with Gasteiger partial charge in [0.05, 0.1) is 6.54 Å². The second kappa shape index (κ2) is 8.17. The molecule has 2 rings (SSSR count). The van der Waals surface area contributed by atoms with Gasteiger partial charge in [-0.3, -0.25) is 4.79 Å². The summed E-state index contributed by atoms with van der Waals surface area (Å²) in [6.45, 7) is 2.72. The SMILES string of the molecule is Cc1ccc(CN(C)C(=O)CC(N)c2ccccc2)s1.Cl. The first-order valence-corrected chi connectivity index (χ1v) is 7.47. The molecular formula is C16H21ClN2OS. The number of benzene rings is 1. The number of hydrogen-bond donors (Lipinski definition) is 1. The lowest BCUT2D eigenvalue weighted by Crippen LogP contribution is -2.29. The maximum Gasteiger partial charge on any atom is 0.224 e. The van der Waals surface area contributed by atoms with Gasteiger partial charge in [0.1, 0.15) is 0 Å². The van der Waals surface area contributed by atoms with Crippen molar-refractivity contribution in [3.05, 3.63) is 57.8 Å². The number of nitrogens with zero attached hydrogens (tertiary/aromatic N) is 1. The molecule has 1 aromatic heterocycles. The highest BCUT2D eigenvalue weighted by Gasteiger charge is 2.15. The molecule has 2 N–H and O–H groups in total. The maximum absolute atomic E-state index is 12.2. The molecule has 0 aliphatic carbocycles. The van der Waals surface area contributed by atoms with E-state index in [0.29, 0.717) is 13.0 Å². The number of carbonyl (C=O) groups excluding carboxylic acids is 1. The number of nitrogens with two attached hydrogens (primary N) is 1. The van der Waals surface area contributed by atoms with Crippen molar-refractivity contribution in [1.82, 2.24) is 4.90 Å². The zero-order valence-corrected chi connectivity index (χ0v) is 13.9. The van der Waals surface area contributed by atoms with Crippen LogP contribution >= 0.6 is 23.7 Å². The number of hydrogen-bond acceptors (Lipinski definition) is 3. The minimum atomic E-state index is -0.240. The van der Waals surface area contributed by atoms with Crippen LogP contribution in [0.15, 0.2) is 42.5 Å². The number of thiophene rings is 1. The van der Waals surface area contributed by atoms with Crippen LogP contribution in [0.1, 0.15) is 27.8 Å². The van der Waals surface area contributed by atoms with Crippen LogP contribution in [0, 0.1) is 6.92 Å². The molecule has 1 aromatic carbocycles. The number of rotatable bonds is 5. The van der Waals surface area contributed by atoms with Gasteiger partial charge < -0.3 is 10.6 Å². The molecule has 2 aromatic rings. The molecule has 0 saturated heterocycles. The number of carbonyl (C=O) groups is 1. The van der Waals surface area contributed by atoms with Crippen molar-refractivity contribution in [3.63, 3.8) is 0 Å². The van der Waals surface area contributed by atoms with Gasteiger partial charge in [0, 0.05) is 29.3 Å². The topological polar surface area (TPSA) is 46.3 Å². The van der Waals surface area contributed by atoms with E-state index in [1.165, 1.54) is 9.75 Å². The summed E-state index contributed by atoms with van der Waals surface area (Å²) < 4.78 is 0. The summed E-state index contributed by atoms with van der Waals surface area (Å²) in [7, 11) is 1.83. The van der Waals surface area contributed by atoms with Gasteiger partial charge in [0.25, 0.3) is 0 Å². The lowest BCUT2D eigenvalue weighted by atomic mass is 10.0. The van der Waals surface area contributed by atoms with Crippen molar-refractivity contribution in [2.24, 2.45) is 5.73 Å².